The number of aryl methyl sites for hydroxylation is 1. The van der Waals surface area contributed by atoms with Crippen LogP contribution >= 0.6 is 0 Å². The number of aromatic amines is 2. The van der Waals surface area contributed by atoms with Gasteiger partial charge in [-0.3, -0.25) is 9.78 Å². The van der Waals surface area contributed by atoms with Crippen LogP contribution in [0.15, 0.2) is 41.5 Å². The molecule has 4 aromatic rings. The zero-order chi connectivity index (χ0) is 13.0. The van der Waals surface area contributed by atoms with Crippen molar-refractivity contribution in [2.24, 2.45) is 0 Å². The van der Waals surface area contributed by atoms with Gasteiger partial charge >= 0.3 is 0 Å². The molecule has 0 unspecified atom stereocenters. The molecule has 4 rings (SSSR count). The molecule has 2 aromatic heterocycles. The maximum Gasteiger partial charge on any atom is 0.179 e. The van der Waals surface area contributed by atoms with Crippen LogP contribution in [0, 0.1) is 6.92 Å². The Hall–Kier alpha value is -2.62. The molecular formula is C15H11N3O. The van der Waals surface area contributed by atoms with Gasteiger partial charge in [0, 0.05) is 28.6 Å². The van der Waals surface area contributed by atoms with Crippen LogP contribution in [0.1, 0.15) is 5.56 Å². The van der Waals surface area contributed by atoms with Crippen molar-refractivity contribution >= 4 is 32.6 Å². The molecule has 0 aliphatic heterocycles. The van der Waals surface area contributed by atoms with Crippen LogP contribution in [0.2, 0.25) is 0 Å². The Kier molecular flexibility index (Phi) is 1.87. The minimum absolute atomic E-state index is 0.0324. The summed E-state index contributed by atoms with van der Waals surface area (Å²) < 4.78 is 0. The smallest absolute Gasteiger partial charge is 0.179 e. The van der Waals surface area contributed by atoms with Crippen LogP contribution in [0.5, 0.6) is 0 Å². The Bertz CT molecular complexity index is 995. The minimum Gasteiger partial charge on any atom is -0.307 e. The van der Waals surface area contributed by atoms with Crippen molar-refractivity contribution in [3.63, 3.8) is 0 Å². The van der Waals surface area contributed by atoms with E-state index < -0.39 is 0 Å². The zero-order valence-electron chi connectivity index (χ0n) is 10.3. The quantitative estimate of drug-likeness (QED) is 0.471. The van der Waals surface area contributed by atoms with Gasteiger partial charge in [0.2, 0.25) is 0 Å². The molecule has 0 radical (unpaired) electrons. The highest BCUT2D eigenvalue weighted by Gasteiger charge is 2.12. The minimum atomic E-state index is 0.0324. The largest absolute Gasteiger partial charge is 0.307 e. The number of pyridine rings is 1. The highest BCUT2D eigenvalue weighted by atomic mass is 16.1. The van der Waals surface area contributed by atoms with Crippen molar-refractivity contribution in [1.82, 2.24) is 15.2 Å². The third kappa shape index (κ3) is 1.28. The van der Waals surface area contributed by atoms with E-state index in [-0.39, 0.29) is 5.43 Å². The number of nitrogens with one attached hydrogen (secondary N) is 2. The molecule has 0 fully saturated rings. The van der Waals surface area contributed by atoms with Crippen molar-refractivity contribution in [2.45, 2.75) is 6.92 Å². The summed E-state index contributed by atoms with van der Waals surface area (Å²) in [4.78, 5) is 16.2. The fourth-order valence-corrected chi connectivity index (χ4v) is 2.84. The van der Waals surface area contributed by atoms with Crippen molar-refractivity contribution < 1.29 is 0 Å². The van der Waals surface area contributed by atoms with Crippen molar-refractivity contribution in [3.8, 4) is 0 Å². The first-order chi connectivity index (χ1) is 9.25. The van der Waals surface area contributed by atoms with Crippen molar-refractivity contribution in [3.05, 3.63) is 52.4 Å². The molecule has 2 N–H and O–H groups in total. The number of fused-ring (bicyclic) bond motifs is 6. The molecule has 0 aliphatic carbocycles. The van der Waals surface area contributed by atoms with Gasteiger partial charge in [0.25, 0.3) is 0 Å². The Labute approximate surface area is 108 Å². The van der Waals surface area contributed by atoms with E-state index in [0.29, 0.717) is 0 Å². The average molecular weight is 249 g/mol. The lowest BCUT2D eigenvalue weighted by molar-refractivity contribution is 1.12. The number of aromatic nitrogens is 3. The number of rotatable bonds is 0. The average Bonchev–Trinajstić information content (AvgIpc) is 2.87. The molecule has 0 amide bonds. The standard InChI is InChI=1S/C15H11N3O/c1-8-5-9(19)6-11-10-3-2-4-16-14(10)12-7-17-18-15(12)13(8)11/h2-7,17-18H,1H3. The SMILES string of the molecule is Cc1cc(=O)cc2c3cccnc3c3c[nH][nH]c3c12. The lowest BCUT2D eigenvalue weighted by Crippen LogP contribution is -1.99. The van der Waals surface area contributed by atoms with Gasteiger partial charge in [-0.2, -0.15) is 0 Å². The Morgan fingerprint density at radius 2 is 2.05 bits per heavy atom. The van der Waals surface area contributed by atoms with Crippen LogP contribution in [0.4, 0.5) is 0 Å². The molecule has 0 atom stereocenters. The summed E-state index contributed by atoms with van der Waals surface area (Å²) in [5.41, 5.74) is 2.92. The normalized spacial score (nSPS) is 11.6. The first kappa shape index (κ1) is 10.3. The predicted molar refractivity (Wildman–Crippen MR) is 76.5 cm³/mol. The van der Waals surface area contributed by atoms with Gasteiger partial charge in [0.05, 0.1) is 11.0 Å². The molecule has 92 valence electrons. The summed E-state index contributed by atoms with van der Waals surface area (Å²) >= 11 is 0. The summed E-state index contributed by atoms with van der Waals surface area (Å²) in [5, 5.41) is 10.3. The molecule has 0 saturated heterocycles. The molecule has 0 saturated carbocycles. The molecule has 4 heteroatoms. The van der Waals surface area contributed by atoms with Crippen LogP contribution in [-0.2, 0) is 0 Å². The Morgan fingerprint density at radius 3 is 2.95 bits per heavy atom. The van der Waals surface area contributed by atoms with E-state index in [1.807, 2.05) is 25.3 Å². The first-order valence-electron chi connectivity index (χ1n) is 6.12. The van der Waals surface area contributed by atoms with E-state index in [4.69, 9.17) is 0 Å². The fourth-order valence-electron chi connectivity index (χ4n) is 2.84. The van der Waals surface area contributed by atoms with Gasteiger partial charge in [0.1, 0.15) is 0 Å². The third-order valence-electron chi connectivity index (χ3n) is 3.60. The maximum atomic E-state index is 11.8. The van der Waals surface area contributed by atoms with Gasteiger partial charge < -0.3 is 10.2 Å². The molecule has 2 heterocycles. The monoisotopic (exact) mass is 249 g/mol. The summed E-state index contributed by atoms with van der Waals surface area (Å²) in [5.74, 6) is 0. The maximum absolute atomic E-state index is 11.8. The van der Waals surface area contributed by atoms with E-state index in [1.165, 1.54) is 0 Å². The summed E-state index contributed by atoms with van der Waals surface area (Å²) in [6.45, 7) is 1.96. The molecule has 19 heavy (non-hydrogen) atoms. The first-order valence-corrected chi connectivity index (χ1v) is 6.12. The summed E-state index contributed by atoms with van der Waals surface area (Å²) in [6.07, 6.45) is 3.68. The van der Waals surface area contributed by atoms with Crippen LogP contribution in [-0.4, -0.2) is 15.2 Å². The molecule has 2 aromatic carbocycles. The third-order valence-corrected chi connectivity index (χ3v) is 3.60. The topological polar surface area (TPSA) is 61.5 Å². The van der Waals surface area contributed by atoms with E-state index in [0.717, 1.165) is 38.1 Å². The zero-order valence-corrected chi connectivity index (χ0v) is 10.3. The number of nitrogens with zero attached hydrogens (tertiary/aromatic N) is 1. The van der Waals surface area contributed by atoms with Gasteiger partial charge in [-0.05, 0) is 36.1 Å². The van der Waals surface area contributed by atoms with Gasteiger partial charge in [0.15, 0.2) is 5.43 Å². The second-order valence-electron chi connectivity index (χ2n) is 4.76. The summed E-state index contributed by atoms with van der Waals surface area (Å²) in [6, 6.07) is 7.27. The highest BCUT2D eigenvalue weighted by molar-refractivity contribution is 6.23. The molecular weight excluding hydrogens is 238 g/mol. The van der Waals surface area contributed by atoms with E-state index in [2.05, 4.69) is 15.2 Å². The number of benzene rings is 2. The number of hydrogen-bond acceptors (Lipinski definition) is 2. The highest BCUT2D eigenvalue weighted by Crippen LogP contribution is 2.33. The van der Waals surface area contributed by atoms with Crippen molar-refractivity contribution in [1.29, 1.82) is 0 Å². The second kappa shape index (κ2) is 3.45. The molecule has 0 bridgehead atoms. The van der Waals surface area contributed by atoms with E-state index >= 15 is 0 Å². The van der Waals surface area contributed by atoms with E-state index in [1.54, 1.807) is 18.3 Å². The summed E-state index contributed by atoms with van der Waals surface area (Å²) in [7, 11) is 0. The van der Waals surface area contributed by atoms with Crippen LogP contribution in [0.3, 0.4) is 0 Å². The van der Waals surface area contributed by atoms with Crippen LogP contribution < -0.4 is 5.43 Å². The lowest BCUT2D eigenvalue weighted by atomic mass is 9.98. The number of hydrogen-bond donors (Lipinski definition) is 2. The van der Waals surface area contributed by atoms with Crippen LogP contribution in [0.25, 0.3) is 32.6 Å². The molecule has 0 aliphatic rings. The second-order valence-corrected chi connectivity index (χ2v) is 4.76. The van der Waals surface area contributed by atoms with Gasteiger partial charge in [-0.15, -0.1) is 0 Å². The Morgan fingerprint density at radius 1 is 1.16 bits per heavy atom. The fraction of sp³-hybridized carbons (Fsp3) is 0.0667. The Balaban J connectivity index is 2.50. The molecule has 0 spiro atoms. The van der Waals surface area contributed by atoms with E-state index in [9.17, 15) is 4.79 Å². The van der Waals surface area contributed by atoms with Crippen molar-refractivity contribution in [2.75, 3.05) is 0 Å². The predicted octanol–water partition coefficient (Wildman–Crippen LogP) is 2.87. The number of H-pyrrole nitrogens is 2. The van der Waals surface area contributed by atoms with Gasteiger partial charge in [-0.25, -0.2) is 0 Å². The van der Waals surface area contributed by atoms with Gasteiger partial charge in [-0.1, -0.05) is 6.07 Å². The lowest BCUT2D eigenvalue weighted by Gasteiger charge is -2.07. The molecule has 4 nitrogen and oxygen atoms in total.